The number of unbranched alkanes of at least 4 members (excludes halogenated alkanes) is 4. The van der Waals surface area contributed by atoms with Gasteiger partial charge in [0.15, 0.2) is 0 Å². The van der Waals surface area contributed by atoms with E-state index < -0.39 is 18.4 Å². The van der Waals surface area contributed by atoms with E-state index in [1.165, 1.54) is 0 Å². The summed E-state index contributed by atoms with van der Waals surface area (Å²) in [4.78, 5) is 64.9. The summed E-state index contributed by atoms with van der Waals surface area (Å²) >= 11 is 0. The number of hydrogen-bond acceptors (Lipinski definition) is 6. The number of carboxylic acid groups (broad SMARTS) is 2. The van der Waals surface area contributed by atoms with E-state index in [2.05, 4.69) is 0 Å². The molecule has 0 saturated carbocycles. The number of carbonyl (C=O) groups excluding carboxylic acids is 4. The van der Waals surface area contributed by atoms with Gasteiger partial charge in [-0.3, -0.25) is 28.8 Å². The first kappa shape index (κ1) is 34.4. The molecule has 0 atom stereocenters. The molecule has 0 aromatic heterocycles. The Morgan fingerprint density at radius 1 is 0.545 bits per heavy atom. The fourth-order valence-electron chi connectivity index (χ4n) is 2.08. The first-order valence-electron chi connectivity index (χ1n) is 10.6. The summed E-state index contributed by atoms with van der Waals surface area (Å²) in [6.07, 6.45) is 6.20. The van der Waals surface area contributed by atoms with Gasteiger partial charge >= 0.3 is 11.9 Å². The minimum atomic E-state index is -1.31. The van der Waals surface area contributed by atoms with E-state index >= 15 is 0 Å². The fourth-order valence-corrected chi connectivity index (χ4v) is 2.08. The zero-order valence-corrected chi connectivity index (χ0v) is 20.2. The van der Waals surface area contributed by atoms with E-state index in [0.717, 1.165) is 38.5 Å². The minimum absolute atomic E-state index is 0.138. The maximum Gasteiger partial charge on any atom is 0.314 e. The van der Waals surface area contributed by atoms with Crippen LogP contribution in [-0.2, 0) is 28.8 Å². The Balaban J connectivity index is -0.000000429. The number of nitrogens with zero attached hydrogens (tertiary/aromatic N) is 2. The first-order valence-corrected chi connectivity index (χ1v) is 10.6. The molecule has 0 saturated heterocycles. The van der Waals surface area contributed by atoms with Gasteiger partial charge in [-0.1, -0.05) is 12.8 Å². The number of hydrogen-bond donors (Lipinski definition) is 4. The third-order valence-electron chi connectivity index (χ3n) is 3.93. The van der Waals surface area contributed by atoms with E-state index in [-0.39, 0.29) is 23.6 Å². The van der Waals surface area contributed by atoms with Crippen molar-refractivity contribution in [3.8, 4) is 0 Å². The second-order valence-electron chi connectivity index (χ2n) is 7.59. The second kappa shape index (κ2) is 22.0. The Hall–Kier alpha value is -3.18. The van der Waals surface area contributed by atoms with Crippen molar-refractivity contribution in [2.75, 3.05) is 28.2 Å². The molecule has 0 spiro atoms. The molecule has 33 heavy (non-hydrogen) atoms. The van der Waals surface area contributed by atoms with E-state index in [4.69, 9.17) is 21.7 Å². The van der Waals surface area contributed by atoms with Crippen molar-refractivity contribution in [2.24, 2.45) is 11.5 Å². The van der Waals surface area contributed by atoms with Crippen molar-refractivity contribution in [2.45, 2.75) is 70.6 Å². The largest absolute Gasteiger partial charge is 0.481 e. The monoisotopic (exact) mass is 476 g/mol. The number of carboxylic acids is 2. The van der Waals surface area contributed by atoms with Gasteiger partial charge in [-0.05, 0) is 25.7 Å². The van der Waals surface area contributed by atoms with E-state index in [9.17, 15) is 28.8 Å². The van der Waals surface area contributed by atoms with Gasteiger partial charge in [-0.2, -0.15) is 0 Å². The maximum absolute atomic E-state index is 11.1. The molecule has 0 aromatic carbocycles. The summed E-state index contributed by atoms with van der Waals surface area (Å²) in [7, 11) is 6.97. The lowest BCUT2D eigenvalue weighted by Crippen LogP contribution is -2.21. The van der Waals surface area contributed by atoms with Gasteiger partial charge in [0.05, 0.1) is 0 Å². The molecule has 0 aromatic rings. The van der Waals surface area contributed by atoms with Gasteiger partial charge in [-0.25, -0.2) is 0 Å². The Bertz CT molecular complexity index is 569. The molecular formula is C21H40N4O8. The van der Waals surface area contributed by atoms with Gasteiger partial charge in [0.25, 0.3) is 0 Å². The van der Waals surface area contributed by atoms with E-state index in [1.807, 2.05) is 0 Å². The van der Waals surface area contributed by atoms with E-state index in [0.29, 0.717) is 25.7 Å². The summed E-state index contributed by atoms with van der Waals surface area (Å²) in [6.45, 7) is 0. The van der Waals surface area contributed by atoms with Crippen molar-refractivity contribution in [3.63, 3.8) is 0 Å². The molecule has 6 N–H and O–H groups in total. The highest BCUT2D eigenvalue weighted by molar-refractivity contribution is 5.88. The van der Waals surface area contributed by atoms with Gasteiger partial charge in [-0.15, -0.1) is 0 Å². The summed E-state index contributed by atoms with van der Waals surface area (Å²) in [5.74, 6) is -2.88. The fraction of sp³-hybridized carbons (Fsp3) is 0.714. The second-order valence-corrected chi connectivity index (χ2v) is 7.59. The first-order chi connectivity index (χ1) is 15.2. The van der Waals surface area contributed by atoms with Crippen molar-refractivity contribution >= 4 is 35.6 Å². The minimum Gasteiger partial charge on any atom is -0.481 e. The quantitative estimate of drug-likeness (QED) is 0.206. The lowest BCUT2D eigenvalue weighted by Gasteiger charge is -2.09. The van der Waals surface area contributed by atoms with Crippen LogP contribution in [0.5, 0.6) is 0 Å². The van der Waals surface area contributed by atoms with Crippen molar-refractivity contribution in [3.05, 3.63) is 0 Å². The van der Waals surface area contributed by atoms with E-state index in [1.54, 1.807) is 38.0 Å². The number of nitrogens with two attached hydrogens (primary N) is 2. The lowest BCUT2D eigenvalue weighted by atomic mass is 10.1. The van der Waals surface area contributed by atoms with Crippen molar-refractivity contribution in [1.82, 2.24) is 9.80 Å². The zero-order chi connectivity index (χ0) is 26.4. The number of carbonyl (C=O) groups is 6. The predicted molar refractivity (Wildman–Crippen MR) is 122 cm³/mol. The third kappa shape index (κ3) is 33.7. The van der Waals surface area contributed by atoms with Crippen LogP contribution < -0.4 is 11.5 Å². The Morgan fingerprint density at radius 2 is 0.818 bits per heavy atom. The standard InChI is InChI=1S/2C9H18N2O2.C3H4O4/c2*1-11(2)9(13)7-5-3-4-6-8(10)12;4-2(5)1-3(6)7/h2*3-7H2,1-2H3,(H2,10,12);1H2,(H,4,5)(H,6,7). The Labute approximate surface area is 195 Å². The highest BCUT2D eigenvalue weighted by Gasteiger charge is 2.04. The molecule has 12 heteroatoms. The van der Waals surface area contributed by atoms with Crippen LogP contribution in [0.3, 0.4) is 0 Å². The van der Waals surface area contributed by atoms with Gasteiger partial charge in [0.1, 0.15) is 6.42 Å². The van der Waals surface area contributed by atoms with Crippen LogP contribution in [0.4, 0.5) is 0 Å². The number of rotatable bonds is 14. The molecule has 12 nitrogen and oxygen atoms in total. The maximum atomic E-state index is 11.1. The number of amides is 4. The average Bonchev–Trinajstić information content (AvgIpc) is 2.66. The van der Waals surface area contributed by atoms with Crippen LogP contribution in [0.2, 0.25) is 0 Å². The molecule has 192 valence electrons. The lowest BCUT2D eigenvalue weighted by molar-refractivity contribution is -0.147. The predicted octanol–water partition coefficient (Wildman–Crippen LogP) is 0.567. The SMILES string of the molecule is CN(C)C(=O)CCCCCC(N)=O.CN(C)C(=O)CCCCCC(N)=O.O=C(O)CC(=O)O. The molecule has 0 aliphatic rings. The normalized spacial score (nSPS) is 9.33. The van der Waals surface area contributed by atoms with Crippen LogP contribution >= 0.6 is 0 Å². The highest BCUT2D eigenvalue weighted by atomic mass is 16.4. The summed E-state index contributed by atoms with van der Waals surface area (Å²) in [5.41, 5.74) is 9.94. The molecule has 0 fully saturated rings. The molecule has 0 unspecified atom stereocenters. The molecule has 0 aliphatic heterocycles. The zero-order valence-electron chi connectivity index (χ0n) is 20.2. The molecule has 0 bridgehead atoms. The number of aliphatic carboxylic acids is 2. The van der Waals surface area contributed by atoms with Gasteiger partial charge in [0, 0.05) is 53.9 Å². The van der Waals surface area contributed by atoms with Gasteiger partial charge < -0.3 is 31.5 Å². The molecular weight excluding hydrogens is 436 g/mol. The summed E-state index contributed by atoms with van der Waals surface area (Å²) < 4.78 is 0. The van der Waals surface area contributed by atoms with Crippen LogP contribution in [0.15, 0.2) is 0 Å². The molecule has 0 heterocycles. The van der Waals surface area contributed by atoms with Gasteiger partial charge in [0.2, 0.25) is 23.6 Å². The Kier molecular flexibility index (Phi) is 23.0. The van der Waals surface area contributed by atoms with Crippen molar-refractivity contribution < 1.29 is 39.0 Å². The summed E-state index contributed by atoms with van der Waals surface area (Å²) in [6, 6.07) is 0. The molecule has 4 amide bonds. The molecule has 0 aliphatic carbocycles. The smallest absolute Gasteiger partial charge is 0.314 e. The van der Waals surface area contributed by atoms with Crippen molar-refractivity contribution in [1.29, 1.82) is 0 Å². The van der Waals surface area contributed by atoms with Crippen LogP contribution in [-0.4, -0.2) is 83.8 Å². The Morgan fingerprint density at radius 3 is 1.00 bits per heavy atom. The third-order valence-corrected chi connectivity index (χ3v) is 3.93. The van der Waals surface area contributed by atoms with Crippen LogP contribution in [0, 0.1) is 0 Å². The van der Waals surface area contributed by atoms with Crippen LogP contribution in [0.25, 0.3) is 0 Å². The topological polar surface area (TPSA) is 201 Å². The summed E-state index contributed by atoms with van der Waals surface area (Å²) in [5, 5.41) is 15.4. The molecule has 0 radical (unpaired) electrons. The molecule has 0 rings (SSSR count). The highest BCUT2D eigenvalue weighted by Crippen LogP contribution is 2.04. The van der Waals surface area contributed by atoms with Crippen LogP contribution in [0.1, 0.15) is 70.6 Å². The number of primary amides is 2. The average molecular weight is 477 g/mol.